The minimum atomic E-state index is -3.56. The Morgan fingerprint density at radius 2 is 1.81 bits per heavy atom. The van der Waals surface area contributed by atoms with Gasteiger partial charge in [0.2, 0.25) is 0 Å². The maximum absolute atomic E-state index is 14.2. The Bertz CT molecular complexity index is 1110. The van der Waals surface area contributed by atoms with Gasteiger partial charge in [-0.25, -0.2) is 12.8 Å². The molecule has 1 N–H and O–H groups in total. The topological polar surface area (TPSA) is 70.2 Å². The average molecular weight is 386 g/mol. The normalized spacial score (nSPS) is 19.7. The molecule has 0 radical (unpaired) electrons. The fourth-order valence-electron chi connectivity index (χ4n) is 3.65. The standard InChI is InChI=1S/C20H19FN2O3S/c21-17-7-3-1-6-15(17)19-9-10-23(11-12-27(19,25)26)20(24)16-13-22-18-8-4-2-5-14(16)18/h1-8,13,19,22H,9-12H2. The third-order valence-corrected chi connectivity index (χ3v) is 7.21. The molecule has 1 fully saturated rings. The number of amides is 1. The first kappa shape index (κ1) is 17.7. The fraction of sp³-hybridized carbons (Fsp3) is 0.250. The van der Waals surface area contributed by atoms with Crippen molar-refractivity contribution in [2.75, 3.05) is 18.8 Å². The van der Waals surface area contributed by atoms with Gasteiger partial charge in [0.1, 0.15) is 5.82 Å². The van der Waals surface area contributed by atoms with E-state index < -0.39 is 20.9 Å². The van der Waals surface area contributed by atoms with Crippen molar-refractivity contribution in [3.63, 3.8) is 0 Å². The summed E-state index contributed by atoms with van der Waals surface area (Å²) in [5.41, 5.74) is 1.55. The number of benzene rings is 2. The van der Waals surface area contributed by atoms with Gasteiger partial charge in [0.25, 0.3) is 5.91 Å². The summed E-state index contributed by atoms with van der Waals surface area (Å²) in [4.78, 5) is 17.6. The molecule has 1 aliphatic rings. The van der Waals surface area contributed by atoms with E-state index in [1.54, 1.807) is 17.2 Å². The second kappa shape index (κ2) is 6.81. The van der Waals surface area contributed by atoms with Crippen molar-refractivity contribution in [1.29, 1.82) is 0 Å². The first-order valence-corrected chi connectivity index (χ1v) is 10.5. The van der Waals surface area contributed by atoms with Crippen molar-refractivity contribution in [3.8, 4) is 0 Å². The summed E-state index contributed by atoms with van der Waals surface area (Å²) < 4.78 is 39.6. The smallest absolute Gasteiger partial charge is 0.256 e. The number of sulfone groups is 1. The molecule has 2 aromatic carbocycles. The van der Waals surface area contributed by atoms with Crippen molar-refractivity contribution in [3.05, 3.63) is 71.7 Å². The summed E-state index contributed by atoms with van der Waals surface area (Å²) in [6.07, 6.45) is 1.83. The number of carbonyl (C=O) groups excluding carboxylic acids is 1. The van der Waals surface area contributed by atoms with Crippen LogP contribution in [-0.4, -0.2) is 43.1 Å². The van der Waals surface area contributed by atoms with Crippen LogP contribution in [0.5, 0.6) is 0 Å². The number of nitrogens with zero attached hydrogens (tertiary/aromatic N) is 1. The number of para-hydroxylation sites is 1. The van der Waals surface area contributed by atoms with Crippen LogP contribution in [0.4, 0.5) is 4.39 Å². The van der Waals surface area contributed by atoms with E-state index in [2.05, 4.69) is 4.98 Å². The number of hydrogen-bond acceptors (Lipinski definition) is 3. The van der Waals surface area contributed by atoms with Crippen LogP contribution in [0.25, 0.3) is 10.9 Å². The number of halogens is 1. The summed E-state index contributed by atoms with van der Waals surface area (Å²) in [6, 6.07) is 13.4. The number of fused-ring (bicyclic) bond motifs is 1. The molecule has 0 bridgehead atoms. The van der Waals surface area contributed by atoms with Crippen LogP contribution < -0.4 is 0 Å². The van der Waals surface area contributed by atoms with Gasteiger partial charge in [-0.3, -0.25) is 4.79 Å². The number of hydrogen-bond donors (Lipinski definition) is 1. The molecule has 0 saturated carbocycles. The number of aromatic amines is 1. The summed E-state index contributed by atoms with van der Waals surface area (Å²) in [5.74, 6) is -0.917. The Labute approximate surface area is 156 Å². The van der Waals surface area contributed by atoms with E-state index in [0.29, 0.717) is 5.56 Å². The van der Waals surface area contributed by atoms with Gasteiger partial charge in [-0.05, 0) is 18.6 Å². The molecule has 0 aliphatic carbocycles. The largest absolute Gasteiger partial charge is 0.360 e. The number of aromatic nitrogens is 1. The molecule has 1 amide bonds. The zero-order chi connectivity index (χ0) is 19.0. The highest BCUT2D eigenvalue weighted by Crippen LogP contribution is 2.32. The molecular weight excluding hydrogens is 367 g/mol. The molecule has 1 unspecified atom stereocenters. The van der Waals surface area contributed by atoms with Crippen molar-refractivity contribution in [2.45, 2.75) is 11.7 Å². The predicted octanol–water partition coefficient (Wildman–Crippen LogP) is 3.31. The molecule has 4 rings (SSSR count). The van der Waals surface area contributed by atoms with Crippen LogP contribution in [0.2, 0.25) is 0 Å². The summed E-state index contributed by atoms with van der Waals surface area (Å²) in [6.45, 7) is 0.363. The zero-order valence-electron chi connectivity index (χ0n) is 14.6. The first-order chi connectivity index (χ1) is 13.0. The van der Waals surface area contributed by atoms with Crippen LogP contribution in [0.3, 0.4) is 0 Å². The van der Waals surface area contributed by atoms with Crippen molar-refractivity contribution in [1.82, 2.24) is 9.88 Å². The van der Waals surface area contributed by atoms with E-state index in [1.807, 2.05) is 24.3 Å². The van der Waals surface area contributed by atoms with Gasteiger partial charge in [-0.2, -0.15) is 0 Å². The molecule has 140 valence electrons. The van der Waals surface area contributed by atoms with Gasteiger partial charge in [0.05, 0.1) is 16.6 Å². The van der Waals surface area contributed by atoms with Gasteiger partial charge in [-0.15, -0.1) is 0 Å². The van der Waals surface area contributed by atoms with Gasteiger partial charge >= 0.3 is 0 Å². The lowest BCUT2D eigenvalue weighted by atomic mass is 10.1. The quantitative estimate of drug-likeness (QED) is 0.735. The van der Waals surface area contributed by atoms with Gasteiger partial charge in [0.15, 0.2) is 9.84 Å². The van der Waals surface area contributed by atoms with Crippen molar-refractivity contribution < 1.29 is 17.6 Å². The maximum Gasteiger partial charge on any atom is 0.256 e. The van der Waals surface area contributed by atoms with Crippen LogP contribution in [0.15, 0.2) is 54.7 Å². The number of carbonyl (C=O) groups is 1. The molecule has 0 spiro atoms. The predicted molar refractivity (Wildman–Crippen MR) is 102 cm³/mol. The molecule has 1 aromatic heterocycles. The van der Waals surface area contributed by atoms with Crippen molar-refractivity contribution in [2.24, 2.45) is 0 Å². The molecule has 1 atom stereocenters. The molecule has 27 heavy (non-hydrogen) atoms. The summed E-state index contributed by atoms with van der Waals surface area (Å²) in [7, 11) is -3.56. The zero-order valence-corrected chi connectivity index (χ0v) is 15.4. The second-order valence-corrected chi connectivity index (χ2v) is 9.01. The van der Waals surface area contributed by atoms with E-state index in [1.165, 1.54) is 18.2 Å². The van der Waals surface area contributed by atoms with Crippen molar-refractivity contribution >= 4 is 26.6 Å². The lowest BCUT2D eigenvalue weighted by molar-refractivity contribution is 0.0768. The average Bonchev–Trinajstić information content (AvgIpc) is 3.02. The molecule has 3 aromatic rings. The van der Waals surface area contributed by atoms with E-state index in [-0.39, 0.29) is 36.7 Å². The minimum Gasteiger partial charge on any atom is -0.360 e. The number of rotatable bonds is 2. The third kappa shape index (κ3) is 3.23. The Kier molecular flexibility index (Phi) is 4.47. The molecule has 1 aliphatic heterocycles. The fourth-order valence-corrected chi connectivity index (χ4v) is 5.45. The van der Waals surface area contributed by atoms with E-state index in [9.17, 15) is 17.6 Å². The molecule has 5 nitrogen and oxygen atoms in total. The van der Waals surface area contributed by atoms with Crippen LogP contribution in [0.1, 0.15) is 27.6 Å². The highest BCUT2D eigenvalue weighted by molar-refractivity contribution is 7.91. The third-order valence-electron chi connectivity index (χ3n) is 5.10. The Morgan fingerprint density at radius 1 is 1.07 bits per heavy atom. The Balaban J connectivity index is 1.62. The first-order valence-electron chi connectivity index (χ1n) is 8.79. The lowest BCUT2D eigenvalue weighted by Gasteiger charge is -2.19. The highest BCUT2D eigenvalue weighted by atomic mass is 32.2. The Morgan fingerprint density at radius 3 is 2.63 bits per heavy atom. The van der Waals surface area contributed by atoms with Crippen LogP contribution in [-0.2, 0) is 9.84 Å². The lowest BCUT2D eigenvalue weighted by Crippen LogP contribution is -2.33. The monoisotopic (exact) mass is 386 g/mol. The maximum atomic E-state index is 14.2. The molecule has 7 heteroatoms. The highest BCUT2D eigenvalue weighted by Gasteiger charge is 2.34. The van der Waals surface area contributed by atoms with E-state index >= 15 is 0 Å². The summed E-state index contributed by atoms with van der Waals surface area (Å²) >= 11 is 0. The van der Waals surface area contributed by atoms with Gasteiger partial charge in [0, 0.05) is 35.8 Å². The van der Waals surface area contributed by atoms with E-state index in [0.717, 1.165) is 10.9 Å². The van der Waals surface area contributed by atoms with Crippen LogP contribution >= 0.6 is 0 Å². The Hall–Kier alpha value is -2.67. The van der Waals surface area contributed by atoms with Gasteiger partial charge in [-0.1, -0.05) is 36.4 Å². The number of nitrogens with one attached hydrogen (secondary N) is 1. The molecule has 1 saturated heterocycles. The molecule has 2 heterocycles. The minimum absolute atomic E-state index is 0.103. The number of H-pyrrole nitrogens is 1. The second-order valence-electron chi connectivity index (χ2n) is 6.71. The summed E-state index contributed by atoms with van der Waals surface area (Å²) in [5, 5.41) is -0.125. The SMILES string of the molecule is O=C(c1c[nH]c2ccccc12)N1CCC(c2ccccc2F)S(=O)(=O)CC1. The molecular formula is C20H19FN2O3S. The van der Waals surface area contributed by atoms with E-state index in [4.69, 9.17) is 0 Å². The van der Waals surface area contributed by atoms with Crippen LogP contribution in [0, 0.1) is 5.82 Å². The van der Waals surface area contributed by atoms with Gasteiger partial charge < -0.3 is 9.88 Å².